The predicted octanol–water partition coefficient (Wildman–Crippen LogP) is 1.31. The Morgan fingerprint density at radius 2 is 1.96 bits per heavy atom. The van der Waals surface area contributed by atoms with Crippen LogP contribution in [0.4, 0.5) is 4.79 Å². The number of alkyl carbamates (subject to hydrolysis) is 1. The van der Waals surface area contributed by atoms with E-state index in [9.17, 15) is 14.4 Å². The minimum absolute atomic E-state index is 0.0693. The molecule has 23 heavy (non-hydrogen) atoms. The van der Waals surface area contributed by atoms with Crippen molar-refractivity contribution in [2.24, 2.45) is 11.3 Å². The maximum atomic E-state index is 12.9. The molecule has 1 aliphatic heterocycles. The number of amides is 2. The maximum Gasteiger partial charge on any atom is 0.407 e. The summed E-state index contributed by atoms with van der Waals surface area (Å²) in [5, 5.41) is 2.58. The first kappa shape index (κ1) is 17.6. The van der Waals surface area contributed by atoms with E-state index in [4.69, 9.17) is 4.74 Å². The zero-order chi connectivity index (χ0) is 17.2. The lowest BCUT2D eigenvalue weighted by Crippen LogP contribution is -2.54. The van der Waals surface area contributed by atoms with E-state index in [1.807, 2.05) is 13.8 Å². The van der Waals surface area contributed by atoms with Crippen LogP contribution in [0, 0.1) is 11.3 Å². The lowest BCUT2D eigenvalue weighted by atomic mass is 10.0. The highest BCUT2D eigenvalue weighted by atomic mass is 16.5. The fraction of sp³-hybridized carbons (Fsp3) is 0.812. The third kappa shape index (κ3) is 3.76. The van der Waals surface area contributed by atoms with Crippen LogP contribution in [0.15, 0.2) is 0 Å². The van der Waals surface area contributed by atoms with Gasteiger partial charge in [-0.25, -0.2) is 9.59 Å². The molecule has 1 saturated heterocycles. The van der Waals surface area contributed by atoms with Gasteiger partial charge in [-0.2, -0.15) is 0 Å². The molecule has 0 bridgehead atoms. The summed E-state index contributed by atoms with van der Waals surface area (Å²) in [5.41, 5.74) is 0.0693. The highest BCUT2D eigenvalue weighted by Gasteiger charge is 2.56. The van der Waals surface area contributed by atoms with E-state index in [-0.39, 0.29) is 23.2 Å². The second-order valence-electron chi connectivity index (χ2n) is 6.80. The van der Waals surface area contributed by atoms with Crippen LogP contribution in [0.1, 0.15) is 40.0 Å². The number of likely N-dealkylation sites (tertiary alicyclic amines) is 1. The van der Waals surface area contributed by atoms with Gasteiger partial charge in [-0.15, -0.1) is 0 Å². The molecule has 0 radical (unpaired) electrons. The molecule has 2 amide bonds. The molecule has 0 aromatic carbocycles. The highest BCUT2D eigenvalue weighted by Crippen LogP contribution is 2.55. The molecule has 0 aromatic rings. The Morgan fingerprint density at radius 1 is 1.30 bits per heavy atom. The first-order chi connectivity index (χ1) is 10.8. The van der Waals surface area contributed by atoms with Gasteiger partial charge in [0.05, 0.1) is 13.7 Å². The van der Waals surface area contributed by atoms with Crippen LogP contribution in [0.2, 0.25) is 0 Å². The quantitative estimate of drug-likeness (QED) is 0.770. The van der Waals surface area contributed by atoms with Crippen LogP contribution in [-0.2, 0) is 19.1 Å². The Kier molecular flexibility index (Phi) is 5.16. The zero-order valence-corrected chi connectivity index (χ0v) is 14.3. The maximum absolute atomic E-state index is 12.9. The highest BCUT2D eigenvalue weighted by molar-refractivity contribution is 5.90. The van der Waals surface area contributed by atoms with E-state index in [1.165, 1.54) is 7.11 Å². The van der Waals surface area contributed by atoms with Gasteiger partial charge in [0.2, 0.25) is 5.91 Å². The fourth-order valence-corrected chi connectivity index (χ4v) is 3.15. The van der Waals surface area contributed by atoms with Crippen molar-refractivity contribution in [3.63, 3.8) is 0 Å². The third-order valence-electron chi connectivity index (χ3n) is 4.70. The summed E-state index contributed by atoms with van der Waals surface area (Å²) in [6.45, 7) is 6.29. The van der Waals surface area contributed by atoms with Gasteiger partial charge in [0.25, 0.3) is 0 Å². The SMILES string of the molecule is CCOC(=O)[C@@H]1CC2(CC2)CN1C(=O)[C@@H](NC(=O)OC)C(C)C. The summed E-state index contributed by atoms with van der Waals surface area (Å²) < 4.78 is 9.72. The summed E-state index contributed by atoms with van der Waals surface area (Å²) in [4.78, 5) is 38.2. The lowest BCUT2D eigenvalue weighted by molar-refractivity contribution is -0.153. The second-order valence-corrected chi connectivity index (χ2v) is 6.80. The molecule has 2 atom stereocenters. The molecule has 1 saturated carbocycles. The Morgan fingerprint density at radius 3 is 2.43 bits per heavy atom. The number of carbonyl (C=O) groups excluding carboxylic acids is 3. The van der Waals surface area contributed by atoms with Gasteiger partial charge < -0.3 is 19.7 Å². The molecule has 2 aliphatic rings. The number of hydrogen-bond donors (Lipinski definition) is 1. The van der Waals surface area contributed by atoms with Gasteiger partial charge in [-0.3, -0.25) is 4.79 Å². The lowest BCUT2D eigenvalue weighted by Gasteiger charge is -2.29. The van der Waals surface area contributed by atoms with Crippen LogP contribution in [0.3, 0.4) is 0 Å². The minimum atomic E-state index is -0.715. The molecule has 0 unspecified atom stereocenters. The predicted molar refractivity (Wildman–Crippen MR) is 82.6 cm³/mol. The molecule has 130 valence electrons. The summed E-state index contributed by atoms with van der Waals surface area (Å²) in [6, 6.07) is -1.26. The van der Waals surface area contributed by atoms with E-state index < -0.39 is 18.2 Å². The van der Waals surface area contributed by atoms with Crippen molar-refractivity contribution in [1.82, 2.24) is 10.2 Å². The Bertz CT molecular complexity index is 487. The summed E-state index contributed by atoms with van der Waals surface area (Å²) >= 11 is 0. The van der Waals surface area contributed by atoms with Crippen LogP contribution in [0.5, 0.6) is 0 Å². The molecule has 2 fully saturated rings. The van der Waals surface area contributed by atoms with Crippen molar-refractivity contribution < 1.29 is 23.9 Å². The third-order valence-corrected chi connectivity index (χ3v) is 4.70. The van der Waals surface area contributed by atoms with Crippen molar-refractivity contribution in [2.75, 3.05) is 20.3 Å². The molecular formula is C16H26N2O5. The number of carbonyl (C=O) groups is 3. The monoisotopic (exact) mass is 326 g/mol. The standard InChI is InChI=1S/C16H26N2O5/c1-5-23-14(20)11-8-16(6-7-16)9-18(11)13(19)12(10(2)3)17-15(21)22-4/h10-12H,5-9H2,1-4H3,(H,17,21)/t11-,12-/m0/s1. The van der Waals surface area contributed by atoms with E-state index in [0.717, 1.165) is 12.8 Å². The smallest absolute Gasteiger partial charge is 0.407 e. The molecular weight excluding hydrogens is 300 g/mol. The number of nitrogens with zero attached hydrogens (tertiary/aromatic N) is 1. The van der Waals surface area contributed by atoms with E-state index >= 15 is 0 Å². The number of methoxy groups -OCH3 is 1. The van der Waals surface area contributed by atoms with Crippen molar-refractivity contribution >= 4 is 18.0 Å². The normalized spacial score (nSPS) is 22.8. The summed E-state index contributed by atoms with van der Waals surface area (Å²) in [7, 11) is 1.26. The summed E-state index contributed by atoms with van der Waals surface area (Å²) in [5.74, 6) is -0.711. The van der Waals surface area contributed by atoms with Crippen molar-refractivity contribution in [3.05, 3.63) is 0 Å². The molecule has 1 N–H and O–H groups in total. The number of hydrogen-bond acceptors (Lipinski definition) is 5. The van der Waals surface area contributed by atoms with Gasteiger partial charge in [0.1, 0.15) is 12.1 Å². The van der Waals surface area contributed by atoms with E-state index in [1.54, 1.807) is 11.8 Å². The van der Waals surface area contributed by atoms with Gasteiger partial charge in [-0.05, 0) is 37.5 Å². The average Bonchev–Trinajstić information content (AvgIpc) is 3.14. The molecule has 7 heteroatoms. The number of rotatable bonds is 5. The fourth-order valence-electron chi connectivity index (χ4n) is 3.15. The first-order valence-electron chi connectivity index (χ1n) is 8.15. The Hall–Kier alpha value is -1.79. The second kappa shape index (κ2) is 6.76. The van der Waals surface area contributed by atoms with Crippen LogP contribution < -0.4 is 5.32 Å². The number of ether oxygens (including phenoxy) is 2. The molecule has 1 heterocycles. The Labute approximate surface area is 136 Å². The van der Waals surface area contributed by atoms with Crippen LogP contribution >= 0.6 is 0 Å². The molecule has 2 rings (SSSR count). The topological polar surface area (TPSA) is 84.9 Å². The van der Waals surface area contributed by atoms with Crippen molar-refractivity contribution in [2.45, 2.75) is 52.1 Å². The van der Waals surface area contributed by atoms with Crippen molar-refractivity contribution in [3.8, 4) is 0 Å². The minimum Gasteiger partial charge on any atom is -0.464 e. The number of nitrogens with one attached hydrogen (secondary N) is 1. The van der Waals surface area contributed by atoms with Crippen molar-refractivity contribution in [1.29, 1.82) is 0 Å². The molecule has 7 nitrogen and oxygen atoms in total. The van der Waals surface area contributed by atoms with E-state index in [0.29, 0.717) is 19.6 Å². The van der Waals surface area contributed by atoms with Gasteiger partial charge in [0, 0.05) is 6.54 Å². The molecule has 0 aromatic heterocycles. The number of esters is 1. The van der Waals surface area contributed by atoms with Crippen LogP contribution in [0.25, 0.3) is 0 Å². The van der Waals surface area contributed by atoms with Gasteiger partial charge >= 0.3 is 12.1 Å². The molecule has 1 aliphatic carbocycles. The van der Waals surface area contributed by atoms with E-state index in [2.05, 4.69) is 10.1 Å². The largest absolute Gasteiger partial charge is 0.464 e. The first-order valence-corrected chi connectivity index (χ1v) is 8.15. The zero-order valence-electron chi connectivity index (χ0n) is 14.3. The van der Waals surface area contributed by atoms with Gasteiger partial charge in [-0.1, -0.05) is 13.8 Å². The molecule has 1 spiro atoms. The Balaban J connectivity index is 2.16. The summed E-state index contributed by atoms with van der Waals surface area (Å²) in [6.07, 6.45) is 2.07. The van der Waals surface area contributed by atoms with Gasteiger partial charge in [0.15, 0.2) is 0 Å². The average molecular weight is 326 g/mol. The van der Waals surface area contributed by atoms with Crippen LogP contribution in [-0.4, -0.2) is 55.2 Å².